The van der Waals surface area contributed by atoms with Gasteiger partial charge in [0.25, 0.3) is 0 Å². The predicted octanol–water partition coefficient (Wildman–Crippen LogP) is 5.85. The van der Waals surface area contributed by atoms with Gasteiger partial charge in [0.15, 0.2) is 0 Å². The summed E-state index contributed by atoms with van der Waals surface area (Å²) in [5, 5.41) is 2.44. The molecule has 0 fully saturated rings. The predicted molar refractivity (Wildman–Crippen MR) is 111 cm³/mol. The standard InChI is InChI=1S/C23H28N2O/c1-5-15-25(16-6-2)23-17(3)24-22(18-11-7-8-12-19(18)23)20-13-9-10-14-21(20)26-4/h7-14H,5-6,15-16H2,1-4H3. The number of rotatable bonds is 7. The van der Waals surface area contributed by atoms with Gasteiger partial charge in [-0.2, -0.15) is 0 Å². The molecule has 2 aromatic carbocycles. The summed E-state index contributed by atoms with van der Waals surface area (Å²) in [6.45, 7) is 8.69. The molecule has 0 aliphatic rings. The zero-order valence-electron chi connectivity index (χ0n) is 16.2. The first-order valence-corrected chi connectivity index (χ1v) is 9.48. The van der Waals surface area contributed by atoms with E-state index in [2.05, 4.69) is 56.0 Å². The Labute approximate surface area is 156 Å². The average Bonchev–Trinajstić information content (AvgIpc) is 2.67. The summed E-state index contributed by atoms with van der Waals surface area (Å²) < 4.78 is 5.59. The minimum absolute atomic E-state index is 0.858. The number of aromatic nitrogens is 1. The lowest BCUT2D eigenvalue weighted by molar-refractivity contribution is 0.416. The van der Waals surface area contributed by atoms with Gasteiger partial charge >= 0.3 is 0 Å². The van der Waals surface area contributed by atoms with E-state index in [0.29, 0.717) is 0 Å². The van der Waals surface area contributed by atoms with Crippen LogP contribution in [0.1, 0.15) is 32.4 Å². The van der Waals surface area contributed by atoms with Crippen molar-refractivity contribution in [2.75, 3.05) is 25.1 Å². The van der Waals surface area contributed by atoms with Crippen LogP contribution in [-0.2, 0) is 0 Å². The summed E-state index contributed by atoms with van der Waals surface area (Å²) in [6.07, 6.45) is 2.25. The summed E-state index contributed by atoms with van der Waals surface area (Å²) in [6, 6.07) is 16.7. The van der Waals surface area contributed by atoms with Crippen LogP contribution in [0.2, 0.25) is 0 Å². The van der Waals surface area contributed by atoms with Crippen LogP contribution in [0.4, 0.5) is 5.69 Å². The van der Waals surface area contributed by atoms with Crippen molar-refractivity contribution in [2.24, 2.45) is 0 Å². The molecule has 0 aliphatic carbocycles. The Morgan fingerprint density at radius 2 is 1.50 bits per heavy atom. The van der Waals surface area contributed by atoms with Gasteiger partial charge in [-0.15, -0.1) is 0 Å². The number of anilines is 1. The number of pyridine rings is 1. The Bertz CT molecular complexity index is 883. The molecular formula is C23H28N2O. The van der Waals surface area contributed by atoms with E-state index < -0.39 is 0 Å². The van der Waals surface area contributed by atoms with E-state index in [1.165, 1.54) is 16.5 Å². The number of benzene rings is 2. The Kier molecular flexibility index (Phi) is 5.77. The van der Waals surface area contributed by atoms with Crippen LogP contribution in [0.25, 0.3) is 22.0 Å². The average molecular weight is 348 g/mol. The quantitative estimate of drug-likeness (QED) is 0.536. The van der Waals surface area contributed by atoms with E-state index in [-0.39, 0.29) is 0 Å². The van der Waals surface area contributed by atoms with Gasteiger partial charge in [0, 0.05) is 29.4 Å². The van der Waals surface area contributed by atoms with Crippen LogP contribution < -0.4 is 9.64 Å². The molecule has 1 aromatic heterocycles. The minimum atomic E-state index is 0.858. The van der Waals surface area contributed by atoms with Gasteiger partial charge in [-0.05, 0) is 31.9 Å². The first kappa shape index (κ1) is 18.2. The maximum Gasteiger partial charge on any atom is 0.128 e. The Morgan fingerprint density at radius 1 is 0.885 bits per heavy atom. The molecule has 0 unspecified atom stereocenters. The first-order chi connectivity index (χ1) is 12.7. The number of hydrogen-bond donors (Lipinski definition) is 0. The van der Waals surface area contributed by atoms with Gasteiger partial charge in [0.1, 0.15) is 5.75 Å². The molecular weight excluding hydrogens is 320 g/mol. The number of methoxy groups -OCH3 is 1. The molecule has 0 spiro atoms. The van der Waals surface area contributed by atoms with E-state index in [4.69, 9.17) is 9.72 Å². The van der Waals surface area contributed by atoms with Crippen molar-refractivity contribution in [1.82, 2.24) is 4.98 Å². The lowest BCUT2D eigenvalue weighted by Crippen LogP contribution is -2.26. The summed E-state index contributed by atoms with van der Waals surface area (Å²) >= 11 is 0. The number of aryl methyl sites for hydroxylation is 1. The number of fused-ring (bicyclic) bond motifs is 1. The van der Waals surface area contributed by atoms with Gasteiger partial charge in [0.2, 0.25) is 0 Å². The maximum absolute atomic E-state index is 5.59. The zero-order valence-corrected chi connectivity index (χ0v) is 16.2. The number of para-hydroxylation sites is 1. The Morgan fingerprint density at radius 3 is 2.15 bits per heavy atom. The van der Waals surface area contributed by atoms with Crippen LogP contribution in [0, 0.1) is 6.92 Å². The Balaban J connectivity index is 2.28. The summed E-state index contributed by atoms with van der Waals surface area (Å²) in [5.74, 6) is 0.858. The topological polar surface area (TPSA) is 25.4 Å². The highest BCUT2D eigenvalue weighted by molar-refractivity contribution is 6.03. The van der Waals surface area contributed by atoms with Crippen molar-refractivity contribution in [3.63, 3.8) is 0 Å². The van der Waals surface area contributed by atoms with Crippen molar-refractivity contribution in [1.29, 1.82) is 0 Å². The van der Waals surface area contributed by atoms with E-state index in [9.17, 15) is 0 Å². The van der Waals surface area contributed by atoms with Crippen LogP contribution in [0.3, 0.4) is 0 Å². The second-order valence-electron chi connectivity index (χ2n) is 6.63. The largest absolute Gasteiger partial charge is 0.496 e. The van der Waals surface area contributed by atoms with E-state index in [0.717, 1.165) is 48.6 Å². The lowest BCUT2D eigenvalue weighted by Gasteiger charge is -2.27. The van der Waals surface area contributed by atoms with Crippen LogP contribution in [0.5, 0.6) is 5.75 Å². The number of nitrogens with zero attached hydrogens (tertiary/aromatic N) is 2. The smallest absolute Gasteiger partial charge is 0.128 e. The highest BCUT2D eigenvalue weighted by Crippen LogP contribution is 2.38. The van der Waals surface area contributed by atoms with Crippen molar-refractivity contribution < 1.29 is 4.74 Å². The molecule has 0 radical (unpaired) electrons. The molecule has 3 heteroatoms. The molecule has 3 rings (SSSR count). The van der Waals surface area contributed by atoms with Crippen LogP contribution in [-0.4, -0.2) is 25.2 Å². The monoisotopic (exact) mass is 348 g/mol. The lowest BCUT2D eigenvalue weighted by atomic mass is 10.00. The highest BCUT2D eigenvalue weighted by Gasteiger charge is 2.18. The summed E-state index contributed by atoms with van der Waals surface area (Å²) in [7, 11) is 1.71. The fourth-order valence-electron chi connectivity index (χ4n) is 3.69. The molecule has 0 N–H and O–H groups in total. The second kappa shape index (κ2) is 8.22. The van der Waals surface area contributed by atoms with Crippen molar-refractivity contribution in [3.8, 4) is 17.0 Å². The van der Waals surface area contributed by atoms with Crippen molar-refractivity contribution in [2.45, 2.75) is 33.6 Å². The fourth-order valence-corrected chi connectivity index (χ4v) is 3.69. The molecule has 0 amide bonds. The van der Waals surface area contributed by atoms with Gasteiger partial charge < -0.3 is 9.64 Å². The molecule has 3 aromatic rings. The van der Waals surface area contributed by atoms with Crippen LogP contribution >= 0.6 is 0 Å². The molecule has 0 saturated heterocycles. The van der Waals surface area contributed by atoms with Crippen LogP contribution in [0.15, 0.2) is 48.5 Å². The molecule has 3 nitrogen and oxygen atoms in total. The molecule has 0 bridgehead atoms. The molecule has 0 atom stereocenters. The van der Waals surface area contributed by atoms with E-state index in [1.807, 2.05) is 18.2 Å². The van der Waals surface area contributed by atoms with E-state index >= 15 is 0 Å². The van der Waals surface area contributed by atoms with Crippen molar-refractivity contribution >= 4 is 16.5 Å². The second-order valence-corrected chi connectivity index (χ2v) is 6.63. The van der Waals surface area contributed by atoms with Gasteiger partial charge in [-0.3, -0.25) is 4.98 Å². The highest BCUT2D eigenvalue weighted by atomic mass is 16.5. The van der Waals surface area contributed by atoms with E-state index in [1.54, 1.807) is 7.11 Å². The zero-order chi connectivity index (χ0) is 18.5. The Hall–Kier alpha value is -2.55. The number of ether oxygens (including phenoxy) is 1. The van der Waals surface area contributed by atoms with Gasteiger partial charge in [-0.25, -0.2) is 0 Å². The minimum Gasteiger partial charge on any atom is -0.496 e. The molecule has 0 aliphatic heterocycles. The first-order valence-electron chi connectivity index (χ1n) is 9.48. The van der Waals surface area contributed by atoms with Gasteiger partial charge in [-0.1, -0.05) is 50.2 Å². The summed E-state index contributed by atoms with van der Waals surface area (Å²) in [4.78, 5) is 7.53. The third-order valence-electron chi connectivity index (χ3n) is 4.72. The maximum atomic E-state index is 5.59. The number of hydrogen-bond acceptors (Lipinski definition) is 3. The third-order valence-corrected chi connectivity index (χ3v) is 4.72. The SMILES string of the molecule is CCCN(CCC)c1c(C)nc(-c2ccccc2OC)c2ccccc12. The summed E-state index contributed by atoms with van der Waals surface area (Å²) in [5.41, 5.74) is 4.38. The van der Waals surface area contributed by atoms with Gasteiger partial charge in [0.05, 0.1) is 24.2 Å². The normalized spacial score (nSPS) is 10.9. The molecule has 136 valence electrons. The van der Waals surface area contributed by atoms with Crippen molar-refractivity contribution in [3.05, 3.63) is 54.2 Å². The molecule has 26 heavy (non-hydrogen) atoms. The fraction of sp³-hybridized carbons (Fsp3) is 0.348. The third kappa shape index (κ3) is 3.39. The molecule has 0 saturated carbocycles. The molecule has 1 heterocycles.